The summed E-state index contributed by atoms with van der Waals surface area (Å²) in [7, 11) is -3.13. The standard InChI is InChI=1S/C10H22.H3O3P/c1-4-7-10(8-5-2)9-6-3;1-4(2)3/h10H,4-9H2,1-3H3;4H,(H2,1,2,3). The van der Waals surface area contributed by atoms with Crippen molar-refractivity contribution < 1.29 is 14.4 Å². The average Bonchev–Trinajstić information content (AvgIpc) is 2.04. The molecule has 0 unspecified atom stereocenters. The fraction of sp³-hybridized carbons (Fsp3) is 1.00. The predicted octanol–water partition coefficient (Wildman–Crippen LogP) is 3.36. The molecule has 0 fully saturated rings. The molecule has 0 aliphatic rings. The van der Waals surface area contributed by atoms with Crippen molar-refractivity contribution in [2.45, 2.75) is 59.3 Å². The second kappa shape index (κ2) is 13.2. The average molecular weight is 224 g/mol. The summed E-state index contributed by atoms with van der Waals surface area (Å²) in [4.78, 5) is 14.3. The molecule has 0 saturated heterocycles. The lowest BCUT2D eigenvalue weighted by molar-refractivity contribution is 0.405. The van der Waals surface area contributed by atoms with Crippen molar-refractivity contribution in [3.05, 3.63) is 0 Å². The van der Waals surface area contributed by atoms with E-state index in [2.05, 4.69) is 20.8 Å². The smallest absolute Gasteiger partial charge is 0.314 e. The molecule has 3 nitrogen and oxygen atoms in total. The van der Waals surface area contributed by atoms with Crippen molar-refractivity contribution >= 4 is 8.25 Å². The van der Waals surface area contributed by atoms with Gasteiger partial charge in [-0.05, 0) is 5.92 Å². The van der Waals surface area contributed by atoms with Crippen LogP contribution in [0.5, 0.6) is 0 Å². The van der Waals surface area contributed by atoms with Gasteiger partial charge in [0, 0.05) is 0 Å². The van der Waals surface area contributed by atoms with Gasteiger partial charge in [0.25, 0.3) is 0 Å². The molecular formula is C10H25O3P. The highest BCUT2D eigenvalue weighted by atomic mass is 31.1. The van der Waals surface area contributed by atoms with Crippen LogP contribution in [0.25, 0.3) is 0 Å². The van der Waals surface area contributed by atoms with Crippen LogP contribution in [0.4, 0.5) is 0 Å². The molecule has 14 heavy (non-hydrogen) atoms. The first kappa shape index (κ1) is 16.6. The lowest BCUT2D eigenvalue weighted by atomic mass is 9.94. The first-order chi connectivity index (χ1) is 6.58. The molecule has 0 saturated carbocycles. The van der Waals surface area contributed by atoms with E-state index in [1.165, 1.54) is 38.5 Å². The first-order valence-electron chi connectivity index (χ1n) is 5.50. The zero-order valence-electron chi connectivity index (χ0n) is 9.62. The Morgan fingerprint density at radius 2 is 1.14 bits per heavy atom. The molecule has 4 heteroatoms. The lowest BCUT2D eigenvalue weighted by Gasteiger charge is -2.12. The molecule has 0 aliphatic carbocycles. The minimum atomic E-state index is -3.13. The third kappa shape index (κ3) is 18.0. The molecule has 0 rings (SSSR count). The quantitative estimate of drug-likeness (QED) is 0.680. The van der Waals surface area contributed by atoms with Gasteiger partial charge in [-0.15, -0.1) is 0 Å². The minimum Gasteiger partial charge on any atom is -0.326 e. The van der Waals surface area contributed by atoms with E-state index < -0.39 is 8.25 Å². The highest BCUT2D eigenvalue weighted by Crippen LogP contribution is 2.18. The molecule has 0 aromatic carbocycles. The molecule has 88 valence electrons. The molecule has 0 aliphatic heterocycles. The van der Waals surface area contributed by atoms with Crippen LogP contribution >= 0.6 is 8.25 Å². The molecule has 0 heterocycles. The zero-order chi connectivity index (χ0) is 11.4. The van der Waals surface area contributed by atoms with E-state index >= 15 is 0 Å². The van der Waals surface area contributed by atoms with E-state index in [4.69, 9.17) is 14.4 Å². The minimum absolute atomic E-state index is 1.03. The Hall–Kier alpha value is 0.150. The number of hydrogen-bond acceptors (Lipinski definition) is 1. The van der Waals surface area contributed by atoms with Crippen LogP contribution in [0.2, 0.25) is 0 Å². The number of rotatable bonds is 6. The zero-order valence-corrected chi connectivity index (χ0v) is 10.6. The summed E-state index contributed by atoms with van der Waals surface area (Å²) in [5, 5.41) is 0. The second-order valence-corrected chi connectivity index (χ2v) is 4.08. The van der Waals surface area contributed by atoms with E-state index in [9.17, 15) is 0 Å². The Morgan fingerprint density at radius 1 is 0.929 bits per heavy atom. The van der Waals surface area contributed by atoms with Crippen LogP contribution in [-0.2, 0) is 4.57 Å². The van der Waals surface area contributed by atoms with Gasteiger partial charge in [-0.1, -0.05) is 59.3 Å². The van der Waals surface area contributed by atoms with Gasteiger partial charge in [0.1, 0.15) is 0 Å². The Labute approximate surface area is 88.5 Å². The molecule has 0 bridgehead atoms. The van der Waals surface area contributed by atoms with Gasteiger partial charge in [-0.2, -0.15) is 0 Å². The largest absolute Gasteiger partial charge is 0.326 e. The van der Waals surface area contributed by atoms with E-state index in [0.29, 0.717) is 0 Å². The van der Waals surface area contributed by atoms with E-state index in [1.807, 2.05) is 0 Å². The van der Waals surface area contributed by atoms with Crippen LogP contribution in [-0.4, -0.2) is 9.79 Å². The summed E-state index contributed by atoms with van der Waals surface area (Å²) in [5.74, 6) is 1.03. The summed E-state index contributed by atoms with van der Waals surface area (Å²) < 4.78 is 8.74. The van der Waals surface area contributed by atoms with Gasteiger partial charge in [0.15, 0.2) is 0 Å². The third-order valence-electron chi connectivity index (χ3n) is 2.09. The highest BCUT2D eigenvalue weighted by molar-refractivity contribution is 7.30. The van der Waals surface area contributed by atoms with E-state index in [1.54, 1.807) is 0 Å². The first-order valence-corrected chi connectivity index (χ1v) is 6.80. The van der Waals surface area contributed by atoms with Crippen LogP contribution in [0, 0.1) is 5.92 Å². The van der Waals surface area contributed by atoms with Crippen LogP contribution in [0.15, 0.2) is 0 Å². The molecule has 0 amide bonds. The summed E-state index contributed by atoms with van der Waals surface area (Å²) in [6, 6.07) is 0. The summed E-state index contributed by atoms with van der Waals surface area (Å²) in [5.41, 5.74) is 0. The predicted molar refractivity (Wildman–Crippen MR) is 61.7 cm³/mol. The van der Waals surface area contributed by atoms with Crippen molar-refractivity contribution in [3.8, 4) is 0 Å². The Morgan fingerprint density at radius 3 is 1.29 bits per heavy atom. The Kier molecular flexibility index (Phi) is 15.6. The number of hydrogen-bond donors (Lipinski definition) is 2. The van der Waals surface area contributed by atoms with Crippen molar-refractivity contribution in [2.75, 3.05) is 0 Å². The summed E-state index contributed by atoms with van der Waals surface area (Å²) >= 11 is 0. The van der Waals surface area contributed by atoms with Crippen molar-refractivity contribution in [2.24, 2.45) is 5.92 Å². The maximum Gasteiger partial charge on any atom is 0.314 e. The topological polar surface area (TPSA) is 57.5 Å². The van der Waals surface area contributed by atoms with Crippen LogP contribution < -0.4 is 0 Å². The van der Waals surface area contributed by atoms with Gasteiger partial charge in [0.05, 0.1) is 0 Å². The van der Waals surface area contributed by atoms with Crippen LogP contribution in [0.1, 0.15) is 59.3 Å². The van der Waals surface area contributed by atoms with Gasteiger partial charge < -0.3 is 9.79 Å². The third-order valence-corrected chi connectivity index (χ3v) is 2.09. The SMILES string of the molecule is CCCC(CCC)CCC.O=[PH](O)O. The fourth-order valence-electron chi connectivity index (χ4n) is 1.66. The molecular weight excluding hydrogens is 199 g/mol. The summed E-state index contributed by atoms with van der Waals surface area (Å²) in [6.07, 6.45) is 8.44. The monoisotopic (exact) mass is 224 g/mol. The van der Waals surface area contributed by atoms with E-state index in [0.717, 1.165) is 5.92 Å². The van der Waals surface area contributed by atoms with Crippen molar-refractivity contribution in [1.82, 2.24) is 0 Å². The van der Waals surface area contributed by atoms with Gasteiger partial charge in [-0.25, -0.2) is 0 Å². The van der Waals surface area contributed by atoms with Crippen LogP contribution in [0.3, 0.4) is 0 Å². The second-order valence-electron chi connectivity index (χ2n) is 3.51. The molecule has 2 N–H and O–H groups in total. The normalized spacial score (nSPS) is 10.2. The van der Waals surface area contributed by atoms with Crippen molar-refractivity contribution in [3.63, 3.8) is 0 Å². The molecule has 0 radical (unpaired) electrons. The molecule has 0 atom stereocenters. The van der Waals surface area contributed by atoms with Crippen molar-refractivity contribution in [1.29, 1.82) is 0 Å². The summed E-state index contributed by atoms with van der Waals surface area (Å²) in [6.45, 7) is 6.87. The van der Waals surface area contributed by atoms with Gasteiger partial charge >= 0.3 is 8.25 Å². The fourth-order valence-corrected chi connectivity index (χ4v) is 1.66. The van der Waals surface area contributed by atoms with Gasteiger partial charge in [-0.3, -0.25) is 4.57 Å². The van der Waals surface area contributed by atoms with E-state index in [-0.39, 0.29) is 0 Å². The van der Waals surface area contributed by atoms with Gasteiger partial charge in [0.2, 0.25) is 0 Å². The Balaban J connectivity index is 0. The highest BCUT2D eigenvalue weighted by Gasteiger charge is 2.03. The Bertz CT molecular complexity index is 110. The molecule has 0 spiro atoms. The maximum absolute atomic E-state index is 8.74. The lowest BCUT2D eigenvalue weighted by Crippen LogP contribution is -1.98. The maximum atomic E-state index is 8.74. The molecule has 0 aromatic heterocycles. The molecule has 0 aromatic rings.